The molecule has 1 aromatic heterocycles. The van der Waals surface area contributed by atoms with Crippen molar-refractivity contribution in [1.82, 2.24) is 4.98 Å². The van der Waals surface area contributed by atoms with Gasteiger partial charge in [-0.3, -0.25) is 9.78 Å². The molecule has 4 N–H and O–H groups in total. The number of pyridine rings is 1. The highest BCUT2D eigenvalue weighted by Gasteiger charge is 2.20. The quantitative estimate of drug-likeness (QED) is 0.548. The number of carbonyl (C=O) groups is 1. The molecule has 3 rings (SSSR count). The van der Waals surface area contributed by atoms with Gasteiger partial charge in [0.1, 0.15) is 11.6 Å². The van der Waals surface area contributed by atoms with E-state index in [2.05, 4.69) is 9.98 Å². The minimum Gasteiger partial charge on any atom is -0.496 e. The lowest BCUT2D eigenvalue weighted by Crippen LogP contribution is -2.24. The molecule has 0 bridgehead atoms. The van der Waals surface area contributed by atoms with Crippen LogP contribution in [0.25, 0.3) is 22.0 Å². The van der Waals surface area contributed by atoms with Crippen molar-refractivity contribution in [2.75, 3.05) is 7.11 Å². The minimum atomic E-state index is -0.582. The van der Waals surface area contributed by atoms with Crippen molar-refractivity contribution >= 4 is 22.8 Å². The number of methoxy groups -OCH3 is 1. The highest BCUT2D eigenvalue weighted by Crippen LogP contribution is 2.39. The Morgan fingerprint density at radius 2 is 1.89 bits per heavy atom. The maximum absolute atomic E-state index is 14.8. The molecule has 7 heteroatoms. The van der Waals surface area contributed by atoms with E-state index in [1.807, 2.05) is 13.8 Å². The summed E-state index contributed by atoms with van der Waals surface area (Å²) in [7, 11) is 1.48. The molecule has 0 radical (unpaired) electrons. The lowest BCUT2D eigenvalue weighted by molar-refractivity contribution is 0.100. The molecule has 0 saturated carbocycles. The highest BCUT2D eigenvalue weighted by molar-refractivity contribution is 6.06. The van der Waals surface area contributed by atoms with E-state index < -0.39 is 11.7 Å². The Bertz CT molecular complexity index is 1090. The Morgan fingerprint density at radius 3 is 2.56 bits per heavy atom. The van der Waals surface area contributed by atoms with Crippen LogP contribution < -0.4 is 16.2 Å². The maximum atomic E-state index is 14.8. The molecule has 2 aromatic carbocycles. The first-order valence-electron chi connectivity index (χ1n) is 8.21. The molecule has 0 spiro atoms. The van der Waals surface area contributed by atoms with Crippen LogP contribution in [0.2, 0.25) is 0 Å². The molecule has 138 valence electrons. The summed E-state index contributed by atoms with van der Waals surface area (Å²) in [5, 5.41) is 0.609. The van der Waals surface area contributed by atoms with Gasteiger partial charge in [0.25, 0.3) is 5.91 Å². The standard InChI is InChI=1S/C20H19FN4O2/c1-10-11(2)24-15-8-7-12(19(26)25-20(22)23)9-13(15)17(10)18-14(21)5-4-6-16(18)27-3/h4-9H,1-3H3,(H4,22,23,25,26). The topological polar surface area (TPSA) is 104 Å². The zero-order valence-electron chi connectivity index (χ0n) is 15.2. The third-order valence-corrected chi connectivity index (χ3v) is 4.39. The second-order valence-corrected chi connectivity index (χ2v) is 6.09. The van der Waals surface area contributed by atoms with E-state index in [-0.39, 0.29) is 11.5 Å². The van der Waals surface area contributed by atoms with Gasteiger partial charge in [-0.1, -0.05) is 6.07 Å². The summed E-state index contributed by atoms with van der Waals surface area (Å²) >= 11 is 0. The number of ether oxygens (including phenoxy) is 1. The van der Waals surface area contributed by atoms with E-state index in [9.17, 15) is 9.18 Å². The van der Waals surface area contributed by atoms with Crippen molar-refractivity contribution in [3.63, 3.8) is 0 Å². The molecule has 27 heavy (non-hydrogen) atoms. The van der Waals surface area contributed by atoms with E-state index in [0.29, 0.717) is 27.8 Å². The Morgan fingerprint density at radius 1 is 1.15 bits per heavy atom. The first-order chi connectivity index (χ1) is 12.8. The predicted molar refractivity (Wildman–Crippen MR) is 103 cm³/mol. The van der Waals surface area contributed by atoms with Crippen LogP contribution in [0.1, 0.15) is 21.6 Å². The first kappa shape index (κ1) is 18.3. The zero-order chi connectivity index (χ0) is 19.7. The smallest absolute Gasteiger partial charge is 0.280 e. The van der Waals surface area contributed by atoms with Crippen molar-refractivity contribution < 1.29 is 13.9 Å². The van der Waals surface area contributed by atoms with Gasteiger partial charge in [0.15, 0.2) is 5.96 Å². The van der Waals surface area contributed by atoms with Gasteiger partial charge in [-0.25, -0.2) is 4.39 Å². The van der Waals surface area contributed by atoms with Crippen LogP contribution in [0, 0.1) is 19.7 Å². The van der Waals surface area contributed by atoms with Crippen molar-refractivity contribution in [3.8, 4) is 16.9 Å². The van der Waals surface area contributed by atoms with Crippen molar-refractivity contribution in [2.24, 2.45) is 16.5 Å². The minimum absolute atomic E-state index is 0.275. The van der Waals surface area contributed by atoms with Crippen LogP contribution in [0.15, 0.2) is 41.4 Å². The SMILES string of the molecule is COc1cccc(F)c1-c1c(C)c(C)nc2ccc(C(=O)N=C(N)N)cc12. The summed E-state index contributed by atoms with van der Waals surface area (Å²) in [5.74, 6) is -0.938. The van der Waals surface area contributed by atoms with Gasteiger partial charge in [-0.15, -0.1) is 0 Å². The highest BCUT2D eigenvalue weighted by atomic mass is 19.1. The van der Waals surface area contributed by atoms with E-state index >= 15 is 0 Å². The number of rotatable bonds is 3. The van der Waals surface area contributed by atoms with Gasteiger partial charge >= 0.3 is 0 Å². The Kier molecular flexibility index (Phi) is 4.77. The van der Waals surface area contributed by atoms with Gasteiger partial charge in [0, 0.05) is 22.2 Å². The average Bonchev–Trinajstić information content (AvgIpc) is 2.62. The van der Waals surface area contributed by atoms with E-state index in [1.54, 1.807) is 30.3 Å². The number of amides is 1. The number of hydrogen-bond donors (Lipinski definition) is 2. The second-order valence-electron chi connectivity index (χ2n) is 6.09. The van der Waals surface area contributed by atoms with Crippen LogP contribution in [0.5, 0.6) is 5.75 Å². The fourth-order valence-electron chi connectivity index (χ4n) is 3.04. The number of aromatic nitrogens is 1. The number of benzene rings is 2. The van der Waals surface area contributed by atoms with Crippen LogP contribution in [-0.4, -0.2) is 24.0 Å². The van der Waals surface area contributed by atoms with Gasteiger partial charge in [-0.05, 0) is 49.7 Å². The molecular formula is C20H19FN4O2. The van der Waals surface area contributed by atoms with Gasteiger partial charge in [0.2, 0.25) is 0 Å². The molecule has 0 aliphatic heterocycles. The fourth-order valence-corrected chi connectivity index (χ4v) is 3.04. The molecule has 0 atom stereocenters. The number of hydrogen-bond acceptors (Lipinski definition) is 3. The van der Waals surface area contributed by atoms with Gasteiger partial charge in [0.05, 0.1) is 18.2 Å². The number of aryl methyl sites for hydroxylation is 1. The molecule has 6 nitrogen and oxygen atoms in total. The summed E-state index contributed by atoms with van der Waals surface area (Å²) in [5.41, 5.74) is 14.0. The number of aliphatic imine (C=N–C) groups is 1. The Labute approximate surface area is 155 Å². The van der Waals surface area contributed by atoms with Crippen molar-refractivity contribution in [3.05, 3.63) is 59.0 Å². The van der Waals surface area contributed by atoms with E-state index in [4.69, 9.17) is 16.2 Å². The number of halogens is 1. The third-order valence-electron chi connectivity index (χ3n) is 4.39. The lowest BCUT2D eigenvalue weighted by atomic mass is 9.93. The Hall–Kier alpha value is -3.48. The largest absolute Gasteiger partial charge is 0.496 e. The summed E-state index contributed by atoms with van der Waals surface area (Å²) in [6.07, 6.45) is 0. The summed E-state index contributed by atoms with van der Waals surface area (Å²) in [4.78, 5) is 20.3. The fraction of sp³-hybridized carbons (Fsp3) is 0.150. The monoisotopic (exact) mass is 366 g/mol. The third kappa shape index (κ3) is 3.31. The summed E-state index contributed by atoms with van der Waals surface area (Å²) in [6, 6.07) is 9.53. The predicted octanol–water partition coefficient (Wildman–Crippen LogP) is 3.08. The molecule has 1 heterocycles. The van der Waals surface area contributed by atoms with Crippen molar-refractivity contribution in [2.45, 2.75) is 13.8 Å². The molecule has 0 unspecified atom stereocenters. The molecule has 0 aliphatic carbocycles. The van der Waals surface area contributed by atoms with Crippen LogP contribution in [-0.2, 0) is 0 Å². The molecule has 1 amide bonds. The van der Waals surface area contributed by atoms with E-state index in [1.165, 1.54) is 13.2 Å². The molecule has 0 fully saturated rings. The maximum Gasteiger partial charge on any atom is 0.280 e. The molecular weight excluding hydrogens is 347 g/mol. The summed E-state index contributed by atoms with van der Waals surface area (Å²) < 4.78 is 20.1. The van der Waals surface area contributed by atoms with E-state index in [0.717, 1.165) is 11.3 Å². The van der Waals surface area contributed by atoms with Crippen molar-refractivity contribution in [1.29, 1.82) is 0 Å². The van der Waals surface area contributed by atoms with Crippen LogP contribution >= 0.6 is 0 Å². The molecule has 0 saturated heterocycles. The van der Waals surface area contributed by atoms with Crippen LogP contribution in [0.4, 0.5) is 4.39 Å². The number of carbonyl (C=O) groups excluding carboxylic acids is 1. The lowest BCUT2D eigenvalue weighted by Gasteiger charge is -2.16. The number of fused-ring (bicyclic) bond motifs is 1. The van der Waals surface area contributed by atoms with Gasteiger partial charge < -0.3 is 16.2 Å². The van der Waals surface area contributed by atoms with Crippen LogP contribution in [0.3, 0.4) is 0 Å². The molecule has 0 aliphatic rings. The first-order valence-corrected chi connectivity index (χ1v) is 8.21. The van der Waals surface area contributed by atoms with Gasteiger partial charge in [-0.2, -0.15) is 4.99 Å². The normalized spacial score (nSPS) is 10.7. The molecule has 3 aromatic rings. The number of nitrogens with two attached hydrogens (primary N) is 2. The second kappa shape index (κ2) is 7.03. The number of guanidine groups is 1. The Balaban J connectivity index is 2.39. The zero-order valence-corrected chi connectivity index (χ0v) is 15.2. The number of nitrogens with zero attached hydrogens (tertiary/aromatic N) is 2. The average molecular weight is 366 g/mol. The summed E-state index contributed by atoms with van der Waals surface area (Å²) in [6.45, 7) is 3.71.